The lowest BCUT2D eigenvalue weighted by atomic mass is 10.0. The fourth-order valence-corrected chi connectivity index (χ4v) is 3.87. The predicted molar refractivity (Wildman–Crippen MR) is 113 cm³/mol. The Kier molecular flexibility index (Phi) is 6.17. The summed E-state index contributed by atoms with van der Waals surface area (Å²) in [7, 11) is 3.41. The van der Waals surface area contributed by atoms with Crippen molar-refractivity contribution in [3.05, 3.63) is 52.2 Å². The van der Waals surface area contributed by atoms with E-state index in [0.29, 0.717) is 0 Å². The van der Waals surface area contributed by atoms with Gasteiger partial charge < -0.3 is 15.1 Å². The number of anilines is 1. The molecule has 6 nitrogen and oxygen atoms in total. The van der Waals surface area contributed by atoms with Crippen LogP contribution >= 0.6 is 0 Å². The molecule has 1 fully saturated rings. The van der Waals surface area contributed by atoms with E-state index in [0.717, 1.165) is 47.7 Å². The highest BCUT2D eigenvalue weighted by molar-refractivity contribution is 5.90. The first-order valence-electron chi connectivity index (χ1n) is 10.0. The number of nitrogens with one attached hydrogen (secondary N) is 1. The van der Waals surface area contributed by atoms with Gasteiger partial charge in [0.15, 0.2) is 0 Å². The molecule has 2 atom stereocenters. The quantitative estimate of drug-likeness (QED) is 0.837. The van der Waals surface area contributed by atoms with Gasteiger partial charge in [0.2, 0.25) is 5.82 Å². The largest absolute Gasteiger partial charge is 0.355 e. The first-order valence-corrected chi connectivity index (χ1v) is 10.0. The Bertz CT molecular complexity index is 914. The molecule has 3 rings (SSSR count). The van der Waals surface area contributed by atoms with Crippen molar-refractivity contribution in [1.82, 2.24) is 20.2 Å². The maximum absolute atomic E-state index is 13.4. The monoisotopic (exact) mass is 399 g/mol. The summed E-state index contributed by atoms with van der Waals surface area (Å²) in [5.74, 6) is 0.671. The molecule has 7 heteroatoms. The van der Waals surface area contributed by atoms with Crippen molar-refractivity contribution in [2.75, 3.05) is 32.1 Å². The molecule has 1 aromatic heterocycles. The molecule has 0 spiro atoms. The van der Waals surface area contributed by atoms with E-state index in [1.807, 2.05) is 26.8 Å². The number of aromatic nitrogens is 2. The molecule has 29 heavy (non-hydrogen) atoms. The van der Waals surface area contributed by atoms with Crippen LogP contribution in [0.3, 0.4) is 0 Å². The molecule has 0 bridgehead atoms. The van der Waals surface area contributed by atoms with Gasteiger partial charge in [-0.3, -0.25) is 4.79 Å². The van der Waals surface area contributed by atoms with Gasteiger partial charge in [-0.1, -0.05) is 6.07 Å². The standard InChI is InChI=1S/C22H30FN5O/c1-13-11-17(23)7-8-19(13)16(4)24-18-9-10-28(12-18)21-14(2)15(3)25-20(26-21)22(29)27(5)6/h7-8,11,16,18,24H,9-10,12H2,1-6H3/t16?,18-/m1/s1. The minimum absolute atomic E-state index is 0.125. The summed E-state index contributed by atoms with van der Waals surface area (Å²) in [4.78, 5) is 25.0. The summed E-state index contributed by atoms with van der Waals surface area (Å²) in [5, 5.41) is 3.66. The molecule has 1 amide bonds. The van der Waals surface area contributed by atoms with Gasteiger partial charge in [0.05, 0.1) is 0 Å². The third kappa shape index (κ3) is 4.56. The third-order valence-corrected chi connectivity index (χ3v) is 5.63. The van der Waals surface area contributed by atoms with Gasteiger partial charge in [-0.25, -0.2) is 14.4 Å². The number of hydrogen-bond acceptors (Lipinski definition) is 5. The third-order valence-electron chi connectivity index (χ3n) is 5.63. The summed E-state index contributed by atoms with van der Waals surface area (Å²) in [6.45, 7) is 9.62. The Morgan fingerprint density at radius 3 is 2.66 bits per heavy atom. The number of carbonyl (C=O) groups excluding carboxylic acids is 1. The molecule has 2 heterocycles. The normalized spacial score (nSPS) is 17.5. The Hall–Kier alpha value is -2.54. The zero-order chi connectivity index (χ0) is 21.3. The second-order valence-electron chi connectivity index (χ2n) is 8.10. The van der Waals surface area contributed by atoms with Gasteiger partial charge in [-0.15, -0.1) is 0 Å². The highest BCUT2D eigenvalue weighted by Gasteiger charge is 2.28. The number of aryl methyl sites for hydroxylation is 2. The van der Waals surface area contributed by atoms with Crippen LogP contribution in [-0.2, 0) is 0 Å². The number of halogens is 1. The molecule has 1 saturated heterocycles. The molecular weight excluding hydrogens is 369 g/mol. The van der Waals surface area contributed by atoms with E-state index in [2.05, 4.69) is 27.1 Å². The molecule has 1 aromatic carbocycles. The zero-order valence-electron chi connectivity index (χ0n) is 18.1. The summed E-state index contributed by atoms with van der Waals surface area (Å²) in [5.41, 5.74) is 3.89. The number of nitrogens with zero attached hydrogens (tertiary/aromatic N) is 4. The maximum Gasteiger partial charge on any atom is 0.291 e. The number of rotatable bonds is 5. The van der Waals surface area contributed by atoms with Gasteiger partial charge in [-0.05, 0) is 57.4 Å². The molecule has 0 radical (unpaired) electrons. The fourth-order valence-electron chi connectivity index (χ4n) is 3.87. The number of benzene rings is 1. The van der Waals surface area contributed by atoms with E-state index in [-0.39, 0.29) is 29.6 Å². The highest BCUT2D eigenvalue weighted by atomic mass is 19.1. The van der Waals surface area contributed by atoms with Crippen LogP contribution in [0.5, 0.6) is 0 Å². The number of amides is 1. The van der Waals surface area contributed by atoms with Crippen LogP contribution in [0.1, 0.15) is 52.4 Å². The molecule has 0 aliphatic carbocycles. The Balaban J connectivity index is 1.74. The van der Waals surface area contributed by atoms with E-state index < -0.39 is 0 Å². The van der Waals surface area contributed by atoms with Crippen LogP contribution in [0.15, 0.2) is 18.2 Å². The number of hydrogen-bond donors (Lipinski definition) is 1. The average molecular weight is 400 g/mol. The molecule has 1 aliphatic rings. The first-order chi connectivity index (χ1) is 13.7. The zero-order valence-corrected chi connectivity index (χ0v) is 18.1. The Morgan fingerprint density at radius 2 is 2.00 bits per heavy atom. The van der Waals surface area contributed by atoms with Gasteiger partial charge in [0.1, 0.15) is 11.6 Å². The SMILES string of the molecule is Cc1cc(F)ccc1C(C)N[C@@H]1CCN(c2nc(C(=O)N(C)C)nc(C)c2C)C1. The second-order valence-corrected chi connectivity index (χ2v) is 8.10. The molecule has 2 aromatic rings. The van der Waals surface area contributed by atoms with Gasteiger partial charge in [0.25, 0.3) is 5.91 Å². The van der Waals surface area contributed by atoms with E-state index in [1.165, 1.54) is 11.0 Å². The summed E-state index contributed by atoms with van der Waals surface area (Å²) < 4.78 is 13.4. The second kappa shape index (κ2) is 8.45. The summed E-state index contributed by atoms with van der Waals surface area (Å²) in [6, 6.07) is 5.35. The molecule has 0 saturated carbocycles. The average Bonchev–Trinajstić information content (AvgIpc) is 3.11. The molecule has 1 N–H and O–H groups in total. The van der Waals surface area contributed by atoms with Crippen LogP contribution in [-0.4, -0.2) is 54.0 Å². The van der Waals surface area contributed by atoms with Gasteiger partial charge in [-0.2, -0.15) is 0 Å². The van der Waals surface area contributed by atoms with Crippen molar-refractivity contribution in [2.24, 2.45) is 0 Å². The van der Waals surface area contributed by atoms with E-state index in [4.69, 9.17) is 0 Å². The molecule has 1 aliphatic heterocycles. The van der Waals surface area contributed by atoms with Crippen molar-refractivity contribution < 1.29 is 9.18 Å². The minimum Gasteiger partial charge on any atom is -0.355 e. The maximum atomic E-state index is 13.4. The van der Waals surface area contributed by atoms with Crippen molar-refractivity contribution >= 4 is 11.7 Å². The van der Waals surface area contributed by atoms with Crippen LogP contribution < -0.4 is 10.2 Å². The van der Waals surface area contributed by atoms with Crippen molar-refractivity contribution in [3.63, 3.8) is 0 Å². The Morgan fingerprint density at radius 1 is 1.28 bits per heavy atom. The van der Waals surface area contributed by atoms with Crippen LogP contribution in [0.4, 0.5) is 10.2 Å². The summed E-state index contributed by atoms with van der Waals surface area (Å²) in [6.07, 6.45) is 0.976. The van der Waals surface area contributed by atoms with Gasteiger partial charge >= 0.3 is 0 Å². The first kappa shape index (κ1) is 21.2. The minimum atomic E-state index is -0.205. The Labute approximate surface area is 172 Å². The predicted octanol–water partition coefficient (Wildman–Crippen LogP) is 3.17. The number of carbonyl (C=O) groups is 1. The lowest BCUT2D eigenvalue weighted by Gasteiger charge is -2.24. The molecule has 1 unspecified atom stereocenters. The van der Waals surface area contributed by atoms with E-state index in [1.54, 1.807) is 20.2 Å². The van der Waals surface area contributed by atoms with Crippen molar-refractivity contribution in [3.8, 4) is 0 Å². The van der Waals surface area contributed by atoms with Gasteiger partial charge in [0, 0.05) is 50.5 Å². The van der Waals surface area contributed by atoms with E-state index in [9.17, 15) is 9.18 Å². The smallest absolute Gasteiger partial charge is 0.291 e. The van der Waals surface area contributed by atoms with Crippen LogP contribution in [0.25, 0.3) is 0 Å². The fraction of sp³-hybridized carbons (Fsp3) is 0.500. The molecule has 156 valence electrons. The van der Waals surface area contributed by atoms with Crippen LogP contribution in [0.2, 0.25) is 0 Å². The molecular formula is C22H30FN5O. The summed E-state index contributed by atoms with van der Waals surface area (Å²) >= 11 is 0. The van der Waals surface area contributed by atoms with Crippen molar-refractivity contribution in [1.29, 1.82) is 0 Å². The lowest BCUT2D eigenvalue weighted by molar-refractivity contribution is 0.0815. The van der Waals surface area contributed by atoms with E-state index >= 15 is 0 Å². The highest BCUT2D eigenvalue weighted by Crippen LogP contribution is 2.26. The lowest BCUT2D eigenvalue weighted by Crippen LogP contribution is -2.35. The topological polar surface area (TPSA) is 61.4 Å². The van der Waals surface area contributed by atoms with Crippen molar-refractivity contribution in [2.45, 2.75) is 46.2 Å². The van der Waals surface area contributed by atoms with Crippen LogP contribution in [0, 0.1) is 26.6 Å².